The Bertz CT molecular complexity index is 824. The topological polar surface area (TPSA) is 72.0 Å². The molecule has 1 aromatic heterocycles. The van der Waals surface area contributed by atoms with Crippen molar-refractivity contribution in [3.05, 3.63) is 70.9 Å². The first-order chi connectivity index (χ1) is 12.7. The molecule has 7 heteroatoms. The van der Waals surface area contributed by atoms with Crippen molar-refractivity contribution in [3.8, 4) is 5.75 Å². The molecule has 1 heterocycles. The molecule has 0 aliphatic heterocycles. The summed E-state index contributed by atoms with van der Waals surface area (Å²) in [6, 6.07) is 15.7. The molecule has 3 aromatic rings. The second-order valence-electron chi connectivity index (χ2n) is 5.67. The minimum atomic E-state index is 0.500. The van der Waals surface area contributed by atoms with Gasteiger partial charge in [0.1, 0.15) is 5.75 Å². The molecule has 0 saturated carbocycles. The van der Waals surface area contributed by atoms with Crippen molar-refractivity contribution >= 4 is 23.4 Å². The van der Waals surface area contributed by atoms with Crippen molar-refractivity contribution in [2.24, 2.45) is 0 Å². The molecule has 26 heavy (non-hydrogen) atoms. The van der Waals surface area contributed by atoms with Crippen molar-refractivity contribution in [2.45, 2.75) is 13.0 Å². The molecule has 0 spiro atoms. The largest absolute Gasteiger partial charge is 0.497 e. The lowest BCUT2D eigenvalue weighted by atomic mass is 10.1. The number of rotatable bonds is 8. The fourth-order valence-electron chi connectivity index (χ4n) is 2.37. The van der Waals surface area contributed by atoms with E-state index in [9.17, 15) is 0 Å². The number of nitrogens with one attached hydrogen (secondary N) is 2. The van der Waals surface area contributed by atoms with Gasteiger partial charge in [-0.05, 0) is 41.8 Å². The number of hydrogen-bond acceptors (Lipinski definition) is 6. The zero-order valence-electron chi connectivity index (χ0n) is 14.4. The summed E-state index contributed by atoms with van der Waals surface area (Å²) >= 11 is 5.89. The second-order valence-corrected chi connectivity index (χ2v) is 6.11. The fourth-order valence-corrected chi connectivity index (χ4v) is 2.50. The van der Waals surface area contributed by atoms with Crippen molar-refractivity contribution in [3.63, 3.8) is 0 Å². The van der Waals surface area contributed by atoms with E-state index < -0.39 is 0 Å². The number of methoxy groups -OCH3 is 1. The standard InChI is InChI=1S/C19H20ClN5O/c1-26-17-8-4-14(5-9-17)10-11-21-19-24-18(13-23-25-19)22-12-15-2-6-16(20)7-3-15/h2-9,13H,10-12H2,1H3,(H2,21,22,24,25). The predicted molar refractivity (Wildman–Crippen MR) is 104 cm³/mol. The van der Waals surface area contributed by atoms with E-state index in [0.29, 0.717) is 24.9 Å². The summed E-state index contributed by atoms with van der Waals surface area (Å²) in [7, 11) is 1.66. The van der Waals surface area contributed by atoms with Gasteiger partial charge in [-0.15, -0.1) is 5.10 Å². The molecule has 6 nitrogen and oxygen atoms in total. The highest BCUT2D eigenvalue weighted by Gasteiger charge is 2.01. The summed E-state index contributed by atoms with van der Waals surface area (Å²) in [6.07, 6.45) is 2.46. The monoisotopic (exact) mass is 369 g/mol. The van der Waals surface area contributed by atoms with E-state index in [-0.39, 0.29) is 0 Å². The van der Waals surface area contributed by atoms with Crippen LogP contribution in [0.15, 0.2) is 54.7 Å². The van der Waals surface area contributed by atoms with E-state index in [0.717, 1.165) is 22.8 Å². The second kappa shape index (κ2) is 9.01. The molecule has 2 aromatic carbocycles. The van der Waals surface area contributed by atoms with Crippen LogP contribution in [-0.4, -0.2) is 28.8 Å². The van der Waals surface area contributed by atoms with Crippen LogP contribution in [0.2, 0.25) is 5.02 Å². The van der Waals surface area contributed by atoms with E-state index in [4.69, 9.17) is 16.3 Å². The van der Waals surface area contributed by atoms with Crippen LogP contribution in [0.25, 0.3) is 0 Å². The van der Waals surface area contributed by atoms with Crippen LogP contribution in [0.1, 0.15) is 11.1 Å². The number of ether oxygens (including phenoxy) is 1. The SMILES string of the molecule is COc1ccc(CCNc2nncc(NCc3ccc(Cl)cc3)n2)cc1. The Hall–Kier alpha value is -2.86. The molecule has 0 amide bonds. The highest BCUT2D eigenvalue weighted by Crippen LogP contribution is 2.13. The number of nitrogens with zero attached hydrogens (tertiary/aromatic N) is 3. The summed E-state index contributed by atoms with van der Waals surface area (Å²) in [5, 5.41) is 15.1. The average Bonchev–Trinajstić information content (AvgIpc) is 2.68. The minimum absolute atomic E-state index is 0.500. The highest BCUT2D eigenvalue weighted by atomic mass is 35.5. The minimum Gasteiger partial charge on any atom is -0.497 e. The van der Waals surface area contributed by atoms with Crippen LogP contribution in [-0.2, 0) is 13.0 Å². The zero-order valence-corrected chi connectivity index (χ0v) is 15.2. The number of aromatic nitrogens is 3. The van der Waals surface area contributed by atoms with Gasteiger partial charge in [-0.3, -0.25) is 0 Å². The Morgan fingerprint density at radius 1 is 0.962 bits per heavy atom. The van der Waals surface area contributed by atoms with Crippen LogP contribution in [0.5, 0.6) is 5.75 Å². The third-order valence-electron chi connectivity index (χ3n) is 3.80. The van der Waals surface area contributed by atoms with Crippen molar-refractivity contribution in [1.82, 2.24) is 15.2 Å². The van der Waals surface area contributed by atoms with Crippen LogP contribution in [0.4, 0.5) is 11.8 Å². The zero-order chi connectivity index (χ0) is 18.2. The van der Waals surface area contributed by atoms with E-state index in [1.807, 2.05) is 48.5 Å². The Morgan fingerprint density at radius 2 is 1.69 bits per heavy atom. The molecule has 0 bridgehead atoms. The average molecular weight is 370 g/mol. The van der Waals surface area contributed by atoms with Crippen LogP contribution in [0.3, 0.4) is 0 Å². The molecule has 0 aliphatic carbocycles. The van der Waals surface area contributed by atoms with Crippen molar-refractivity contribution in [2.75, 3.05) is 24.3 Å². The molecule has 0 atom stereocenters. The molecule has 0 fully saturated rings. The van der Waals surface area contributed by atoms with Gasteiger partial charge in [-0.2, -0.15) is 10.1 Å². The van der Waals surface area contributed by atoms with Gasteiger partial charge in [0.25, 0.3) is 0 Å². The van der Waals surface area contributed by atoms with E-state index in [1.165, 1.54) is 5.56 Å². The van der Waals surface area contributed by atoms with Crippen LogP contribution >= 0.6 is 11.6 Å². The first-order valence-corrected chi connectivity index (χ1v) is 8.65. The third-order valence-corrected chi connectivity index (χ3v) is 4.05. The van der Waals surface area contributed by atoms with Crippen molar-refractivity contribution in [1.29, 1.82) is 0 Å². The number of anilines is 2. The normalized spacial score (nSPS) is 10.4. The molecular formula is C19H20ClN5O. The fraction of sp³-hybridized carbons (Fsp3) is 0.211. The van der Waals surface area contributed by atoms with Crippen LogP contribution in [0, 0.1) is 0 Å². The van der Waals surface area contributed by atoms with Gasteiger partial charge in [0.2, 0.25) is 5.95 Å². The first-order valence-electron chi connectivity index (χ1n) is 8.28. The lowest BCUT2D eigenvalue weighted by molar-refractivity contribution is 0.414. The van der Waals surface area contributed by atoms with E-state index >= 15 is 0 Å². The Kier molecular flexibility index (Phi) is 6.22. The summed E-state index contributed by atoms with van der Waals surface area (Å²) in [5.41, 5.74) is 2.32. The van der Waals surface area contributed by atoms with E-state index in [2.05, 4.69) is 25.8 Å². The molecule has 2 N–H and O–H groups in total. The van der Waals surface area contributed by atoms with Gasteiger partial charge in [0.15, 0.2) is 5.82 Å². The van der Waals surface area contributed by atoms with Gasteiger partial charge < -0.3 is 15.4 Å². The maximum absolute atomic E-state index is 5.89. The number of benzene rings is 2. The number of hydrogen-bond donors (Lipinski definition) is 2. The lowest BCUT2D eigenvalue weighted by Gasteiger charge is -2.08. The molecule has 0 saturated heterocycles. The van der Waals surface area contributed by atoms with Gasteiger partial charge in [-0.1, -0.05) is 35.9 Å². The summed E-state index contributed by atoms with van der Waals surface area (Å²) in [5.74, 6) is 2.02. The predicted octanol–water partition coefficient (Wildman–Crippen LogP) is 3.80. The third kappa shape index (κ3) is 5.32. The summed E-state index contributed by atoms with van der Waals surface area (Å²) in [4.78, 5) is 4.42. The lowest BCUT2D eigenvalue weighted by Crippen LogP contribution is -2.10. The molecule has 0 radical (unpaired) electrons. The molecule has 134 valence electrons. The molecule has 0 unspecified atom stereocenters. The van der Waals surface area contributed by atoms with Crippen molar-refractivity contribution < 1.29 is 4.74 Å². The van der Waals surface area contributed by atoms with Gasteiger partial charge in [0, 0.05) is 18.1 Å². The van der Waals surface area contributed by atoms with Gasteiger partial charge in [0.05, 0.1) is 13.3 Å². The Balaban J connectivity index is 1.49. The van der Waals surface area contributed by atoms with E-state index in [1.54, 1.807) is 13.3 Å². The highest BCUT2D eigenvalue weighted by molar-refractivity contribution is 6.30. The Morgan fingerprint density at radius 3 is 2.42 bits per heavy atom. The van der Waals surface area contributed by atoms with Crippen LogP contribution < -0.4 is 15.4 Å². The van der Waals surface area contributed by atoms with Gasteiger partial charge in [-0.25, -0.2) is 0 Å². The maximum Gasteiger partial charge on any atom is 0.244 e. The summed E-state index contributed by atoms with van der Waals surface area (Å²) in [6.45, 7) is 1.36. The number of halogens is 1. The molecular weight excluding hydrogens is 350 g/mol. The quantitative estimate of drug-likeness (QED) is 0.629. The smallest absolute Gasteiger partial charge is 0.244 e. The first kappa shape index (κ1) is 17.9. The molecule has 3 rings (SSSR count). The summed E-state index contributed by atoms with van der Waals surface area (Å²) < 4.78 is 5.16. The maximum atomic E-state index is 5.89. The Labute approximate surface area is 157 Å². The molecule has 0 aliphatic rings. The van der Waals surface area contributed by atoms with Gasteiger partial charge >= 0.3 is 0 Å².